The lowest BCUT2D eigenvalue weighted by atomic mass is 9.81. The van der Waals surface area contributed by atoms with Crippen molar-refractivity contribution in [2.75, 3.05) is 4.90 Å². The Morgan fingerprint density at radius 3 is 1.55 bits per heavy atom. The summed E-state index contributed by atoms with van der Waals surface area (Å²) in [6.07, 6.45) is 0. The van der Waals surface area contributed by atoms with E-state index in [2.05, 4.69) is 254 Å². The molecule has 0 saturated heterocycles. The number of rotatable bonds is 7. The molecule has 3 heteroatoms. The summed E-state index contributed by atoms with van der Waals surface area (Å²) in [5.41, 5.74) is 19.4. The third-order valence-corrected chi connectivity index (χ3v) is 15.2. The average molecular weight is 861 g/mol. The number of aromatic nitrogens is 1. The lowest BCUT2D eigenvalue weighted by Gasteiger charge is -2.28. The molecule has 0 aliphatic heterocycles. The predicted octanol–water partition coefficient (Wildman–Crippen LogP) is 17.9. The van der Waals surface area contributed by atoms with Gasteiger partial charge in [-0.1, -0.05) is 166 Å². The van der Waals surface area contributed by atoms with Crippen LogP contribution >= 0.6 is 11.3 Å². The first kappa shape index (κ1) is 38.5. The van der Waals surface area contributed by atoms with Crippen LogP contribution in [-0.4, -0.2) is 4.57 Å². The standard InChI is InChI=1S/C63H44N2S/c1-63(2)56-39-46(45-27-36-58-55(38-45)61-59(65(58)47-18-10-5-11-19-47)37-35-54-53-20-12-13-21-60(53)66-62(54)61)26-33-51(56)52-34-32-50(40-57(52)63)64(48-28-22-43(23-29-48)41-14-6-3-7-15-41)49-30-24-44(25-31-49)42-16-8-4-9-17-42/h3-40H,1-2H3. The first-order valence-electron chi connectivity index (χ1n) is 22.8. The van der Waals surface area contributed by atoms with Crippen molar-refractivity contribution in [3.63, 3.8) is 0 Å². The van der Waals surface area contributed by atoms with Gasteiger partial charge >= 0.3 is 0 Å². The summed E-state index contributed by atoms with van der Waals surface area (Å²) in [7, 11) is 0. The number of fused-ring (bicyclic) bond motifs is 10. The monoisotopic (exact) mass is 860 g/mol. The SMILES string of the molecule is CC1(C)c2cc(-c3ccc4c(c3)c3c5sc6ccccc6c5ccc3n4-c3ccccc3)ccc2-c2ccc(N(c3ccc(-c4ccccc4)cc3)c3ccc(-c4ccccc4)cc3)cc21. The summed E-state index contributed by atoms with van der Waals surface area (Å²) in [6.45, 7) is 4.79. The van der Waals surface area contributed by atoms with Crippen molar-refractivity contribution in [2.45, 2.75) is 19.3 Å². The zero-order valence-electron chi connectivity index (χ0n) is 36.7. The van der Waals surface area contributed by atoms with Gasteiger partial charge in [0.15, 0.2) is 0 Å². The Labute approximate surface area is 388 Å². The van der Waals surface area contributed by atoms with E-state index in [9.17, 15) is 0 Å². The van der Waals surface area contributed by atoms with E-state index in [1.807, 2.05) is 11.3 Å². The van der Waals surface area contributed by atoms with E-state index in [0.717, 1.165) is 17.1 Å². The fraction of sp³-hybridized carbons (Fsp3) is 0.0476. The van der Waals surface area contributed by atoms with E-state index in [-0.39, 0.29) is 5.41 Å². The van der Waals surface area contributed by atoms with Gasteiger partial charge in [-0.25, -0.2) is 0 Å². The van der Waals surface area contributed by atoms with Gasteiger partial charge in [0.1, 0.15) is 0 Å². The molecule has 2 aromatic heterocycles. The van der Waals surface area contributed by atoms with Gasteiger partial charge in [0, 0.05) is 59.1 Å². The molecule has 0 amide bonds. The van der Waals surface area contributed by atoms with Crippen molar-refractivity contribution >= 4 is 70.4 Å². The molecule has 2 nitrogen and oxygen atoms in total. The number of nitrogens with zero attached hydrogens (tertiary/aromatic N) is 2. The molecule has 12 aromatic rings. The van der Waals surface area contributed by atoms with E-state index < -0.39 is 0 Å². The third kappa shape index (κ3) is 6.08. The lowest BCUT2D eigenvalue weighted by Crippen LogP contribution is -2.16. The van der Waals surface area contributed by atoms with Gasteiger partial charge in [-0.05, 0) is 134 Å². The van der Waals surface area contributed by atoms with Gasteiger partial charge < -0.3 is 9.47 Å². The van der Waals surface area contributed by atoms with E-state index >= 15 is 0 Å². The van der Waals surface area contributed by atoms with Crippen molar-refractivity contribution < 1.29 is 0 Å². The highest BCUT2D eigenvalue weighted by Gasteiger charge is 2.36. The molecule has 10 aromatic carbocycles. The van der Waals surface area contributed by atoms with Gasteiger partial charge in [-0.15, -0.1) is 11.3 Å². The largest absolute Gasteiger partial charge is 0.310 e. The van der Waals surface area contributed by atoms with Crippen molar-refractivity contribution in [1.82, 2.24) is 4.57 Å². The molecule has 0 fully saturated rings. The number of benzene rings is 10. The number of anilines is 3. The van der Waals surface area contributed by atoms with Crippen LogP contribution in [0.1, 0.15) is 25.0 Å². The Bertz CT molecular complexity index is 3720. The summed E-state index contributed by atoms with van der Waals surface area (Å²) in [6, 6.07) is 84.9. The summed E-state index contributed by atoms with van der Waals surface area (Å²) in [4.78, 5) is 2.41. The fourth-order valence-corrected chi connectivity index (χ4v) is 11.9. The minimum atomic E-state index is -0.229. The average Bonchev–Trinajstić information content (AvgIpc) is 4.00. The van der Waals surface area contributed by atoms with E-state index in [0.29, 0.717) is 0 Å². The molecule has 1 aliphatic rings. The second kappa shape index (κ2) is 15.1. The molecule has 13 rings (SSSR count). The highest BCUT2D eigenvalue weighted by Crippen LogP contribution is 2.52. The van der Waals surface area contributed by atoms with Crippen molar-refractivity contribution in [3.8, 4) is 50.2 Å². The lowest BCUT2D eigenvalue weighted by molar-refractivity contribution is 0.660. The summed E-state index contributed by atoms with van der Waals surface area (Å²) >= 11 is 1.91. The molecule has 0 saturated carbocycles. The molecule has 0 spiro atoms. The highest BCUT2D eigenvalue weighted by atomic mass is 32.1. The molecule has 0 bridgehead atoms. The van der Waals surface area contributed by atoms with Crippen LogP contribution in [0.25, 0.3) is 92.2 Å². The first-order chi connectivity index (χ1) is 32.5. The normalized spacial score (nSPS) is 12.8. The van der Waals surface area contributed by atoms with Crippen LogP contribution in [-0.2, 0) is 5.41 Å². The van der Waals surface area contributed by atoms with Crippen LogP contribution in [0.3, 0.4) is 0 Å². The van der Waals surface area contributed by atoms with Gasteiger partial charge in [-0.3, -0.25) is 0 Å². The van der Waals surface area contributed by atoms with E-state index in [1.54, 1.807) is 0 Å². The quantitative estimate of drug-likeness (QED) is 0.155. The van der Waals surface area contributed by atoms with Gasteiger partial charge in [0.25, 0.3) is 0 Å². The predicted molar refractivity (Wildman–Crippen MR) is 282 cm³/mol. The Hall–Kier alpha value is -7.98. The van der Waals surface area contributed by atoms with Gasteiger partial charge in [0.2, 0.25) is 0 Å². The molecule has 0 unspecified atom stereocenters. The van der Waals surface area contributed by atoms with Crippen molar-refractivity contribution in [2.24, 2.45) is 0 Å². The van der Waals surface area contributed by atoms with E-state index in [4.69, 9.17) is 0 Å². The Morgan fingerprint density at radius 1 is 0.379 bits per heavy atom. The van der Waals surface area contributed by atoms with Crippen LogP contribution in [0.15, 0.2) is 231 Å². The van der Waals surface area contributed by atoms with Gasteiger partial charge in [0.05, 0.1) is 11.0 Å². The Balaban J connectivity index is 0.914. The molecule has 0 atom stereocenters. The summed E-state index contributed by atoms with van der Waals surface area (Å²) in [5.74, 6) is 0. The first-order valence-corrected chi connectivity index (χ1v) is 23.6. The molecule has 0 N–H and O–H groups in total. The van der Waals surface area contributed by atoms with Crippen LogP contribution in [0.5, 0.6) is 0 Å². The number of hydrogen-bond acceptors (Lipinski definition) is 2. The smallest absolute Gasteiger partial charge is 0.0555 e. The fourth-order valence-electron chi connectivity index (χ4n) is 10.7. The van der Waals surface area contributed by atoms with Crippen molar-refractivity contribution in [3.05, 3.63) is 242 Å². The molecular weight excluding hydrogens is 817 g/mol. The van der Waals surface area contributed by atoms with Crippen molar-refractivity contribution in [1.29, 1.82) is 0 Å². The molecular formula is C63H44N2S. The highest BCUT2D eigenvalue weighted by molar-refractivity contribution is 7.26. The zero-order valence-corrected chi connectivity index (χ0v) is 37.6. The zero-order chi connectivity index (χ0) is 43.9. The maximum atomic E-state index is 2.46. The van der Waals surface area contributed by atoms with Crippen LogP contribution in [0.2, 0.25) is 0 Å². The number of hydrogen-bond donors (Lipinski definition) is 0. The minimum absolute atomic E-state index is 0.229. The summed E-state index contributed by atoms with van der Waals surface area (Å²) < 4.78 is 5.11. The maximum Gasteiger partial charge on any atom is 0.0555 e. The third-order valence-electron chi connectivity index (χ3n) is 14.0. The topological polar surface area (TPSA) is 8.17 Å². The second-order valence-corrected chi connectivity index (χ2v) is 19.2. The molecule has 312 valence electrons. The van der Waals surface area contributed by atoms with E-state index in [1.165, 1.54) is 103 Å². The van der Waals surface area contributed by atoms with Crippen LogP contribution < -0.4 is 4.90 Å². The molecule has 2 heterocycles. The minimum Gasteiger partial charge on any atom is -0.310 e. The summed E-state index contributed by atoms with van der Waals surface area (Å²) in [5, 5.41) is 5.25. The van der Waals surface area contributed by atoms with Gasteiger partial charge in [-0.2, -0.15) is 0 Å². The maximum absolute atomic E-state index is 2.46. The molecule has 0 radical (unpaired) electrons. The van der Waals surface area contributed by atoms with Crippen LogP contribution in [0, 0.1) is 0 Å². The van der Waals surface area contributed by atoms with Crippen LogP contribution in [0.4, 0.5) is 17.1 Å². The molecule has 1 aliphatic carbocycles. The number of para-hydroxylation sites is 1. The Kier molecular flexibility index (Phi) is 8.78. The second-order valence-electron chi connectivity index (χ2n) is 18.1. The Morgan fingerprint density at radius 2 is 0.879 bits per heavy atom. The molecule has 66 heavy (non-hydrogen) atoms. The number of thiophene rings is 1.